The van der Waals surface area contributed by atoms with E-state index in [4.69, 9.17) is 21.1 Å². The van der Waals surface area contributed by atoms with Crippen LogP contribution in [0.2, 0.25) is 5.02 Å². The molecule has 2 aromatic carbocycles. The van der Waals surface area contributed by atoms with Crippen molar-refractivity contribution in [1.82, 2.24) is 0 Å². The molecule has 2 aliphatic rings. The molecule has 0 saturated carbocycles. The van der Waals surface area contributed by atoms with Gasteiger partial charge in [0.2, 0.25) is 12.7 Å². The highest BCUT2D eigenvalue weighted by atomic mass is 35.5. The van der Waals surface area contributed by atoms with Crippen molar-refractivity contribution in [2.24, 2.45) is 5.92 Å². The van der Waals surface area contributed by atoms with Crippen molar-refractivity contribution in [2.45, 2.75) is 19.0 Å². The maximum absolute atomic E-state index is 13.1. The van der Waals surface area contributed by atoms with Gasteiger partial charge in [-0.25, -0.2) is 0 Å². The fourth-order valence-electron chi connectivity index (χ4n) is 3.77. The molecule has 2 heterocycles. The quantitative estimate of drug-likeness (QED) is 0.506. The zero-order valence-corrected chi connectivity index (χ0v) is 17.2. The van der Waals surface area contributed by atoms with E-state index in [0.717, 1.165) is 6.07 Å². The molecular weight excluding hydrogens is 455 g/mol. The van der Waals surface area contributed by atoms with Gasteiger partial charge in [-0.1, -0.05) is 11.6 Å². The Bertz CT molecular complexity index is 1070. The Morgan fingerprint density at radius 3 is 2.50 bits per heavy atom. The van der Waals surface area contributed by atoms with Crippen LogP contribution in [-0.2, 0) is 11.0 Å². The first-order valence-corrected chi connectivity index (χ1v) is 10.0. The van der Waals surface area contributed by atoms with Crippen molar-refractivity contribution >= 4 is 34.6 Å². The molecule has 0 radical (unpaired) electrons. The fourth-order valence-corrected chi connectivity index (χ4v) is 4.03. The molecule has 170 valence electrons. The summed E-state index contributed by atoms with van der Waals surface area (Å²) >= 11 is 5.77. The van der Waals surface area contributed by atoms with Crippen LogP contribution in [0, 0.1) is 16.0 Å². The summed E-state index contributed by atoms with van der Waals surface area (Å²) in [5.41, 5.74) is -1.38. The first kappa shape index (κ1) is 22.0. The molecular formula is C20H17ClF3N3O5. The van der Waals surface area contributed by atoms with Crippen molar-refractivity contribution in [3.8, 4) is 11.5 Å². The highest BCUT2D eigenvalue weighted by Gasteiger charge is 2.37. The van der Waals surface area contributed by atoms with Gasteiger partial charge in [0, 0.05) is 36.8 Å². The lowest BCUT2D eigenvalue weighted by Gasteiger charge is -2.33. The van der Waals surface area contributed by atoms with Gasteiger partial charge in [0.05, 0.1) is 15.5 Å². The van der Waals surface area contributed by atoms with E-state index in [1.165, 1.54) is 0 Å². The number of ether oxygens (including phenoxy) is 2. The van der Waals surface area contributed by atoms with Gasteiger partial charge in [-0.3, -0.25) is 14.9 Å². The predicted molar refractivity (Wildman–Crippen MR) is 109 cm³/mol. The molecule has 0 aliphatic carbocycles. The Morgan fingerprint density at radius 1 is 1.16 bits per heavy atom. The number of nitrogens with one attached hydrogen (secondary N) is 1. The highest BCUT2D eigenvalue weighted by Crippen LogP contribution is 2.42. The number of carbonyl (C=O) groups excluding carboxylic acids is 1. The van der Waals surface area contributed by atoms with E-state index in [0.29, 0.717) is 36.1 Å². The van der Waals surface area contributed by atoms with E-state index >= 15 is 0 Å². The number of hydrogen-bond donors (Lipinski definition) is 1. The van der Waals surface area contributed by atoms with Crippen molar-refractivity contribution < 1.29 is 32.4 Å². The topological polar surface area (TPSA) is 93.9 Å². The van der Waals surface area contributed by atoms with Gasteiger partial charge in [-0.2, -0.15) is 13.2 Å². The van der Waals surface area contributed by atoms with Crippen LogP contribution in [-0.4, -0.2) is 30.7 Å². The van der Waals surface area contributed by atoms with E-state index in [1.54, 1.807) is 23.1 Å². The monoisotopic (exact) mass is 471 g/mol. The van der Waals surface area contributed by atoms with E-state index in [1.807, 2.05) is 0 Å². The van der Waals surface area contributed by atoms with Gasteiger partial charge in [-0.15, -0.1) is 0 Å². The molecule has 0 atom stereocenters. The van der Waals surface area contributed by atoms with Crippen molar-refractivity contribution in [3.63, 3.8) is 0 Å². The number of rotatable bonds is 4. The number of nitrogens with zero attached hydrogens (tertiary/aromatic N) is 2. The maximum atomic E-state index is 13.1. The van der Waals surface area contributed by atoms with Crippen LogP contribution in [0.1, 0.15) is 18.4 Å². The summed E-state index contributed by atoms with van der Waals surface area (Å²) in [6, 6.07) is 6.46. The summed E-state index contributed by atoms with van der Waals surface area (Å²) in [4.78, 5) is 24.8. The lowest BCUT2D eigenvalue weighted by Crippen LogP contribution is -2.38. The Balaban J connectivity index is 1.45. The number of nitro groups is 1. The van der Waals surface area contributed by atoms with E-state index in [2.05, 4.69) is 5.32 Å². The molecule has 0 aromatic heterocycles. The molecule has 8 nitrogen and oxygen atoms in total. The summed E-state index contributed by atoms with van der Waals surface area (Å²) in [6.07, 6.45) is -4.07. The summed E-state index contributed by atoms with van der Waals surface area (Å²) in [5, 5.41) is 13.6. The predicted octanol–water partition coefficient (Wildman–Crippen LogP) is 4.85. The maximum Gasteiger partial charge on any atom is 0.418 e. The lowest BCUT2D eigenvalue weighted by atomic mass is 9.95. The molecule has 1 fully saturated rings. The fraction of sp³-hybridized carbons (Fsp3) is 0.350. The second kappa shape index (κ2) is 8.38. The first-order chi connectivity index (χ1) is 15.1. The number of anilines is 2. The van der Waals surface area contributed by atoms with Gasteiger partial charge in [0.1, 0.15) is 5.69 Å². The van der Waals surface area contributed by atoms with Crippen molar-refractivity contribution in [3.05, 3.63) is 51.0 Å². The molecule has 12 heteroatoms. The molecule has 2 aromatic rings. The number of nitro benzene ring substituents is 1. The third-order valence-electron chi connectivity index (χ3n) is 5.41. The summed E-state index contributed by atoms with van der Waals surface area (Å²) in [7, 11) is 0. The van der Waals surface area contributed by atoms with E-state index in [-0.39, 0.29) is 37.4 Å². The van der Waals surface area contributed by atoms with Gasteiger partial charge in [0.25, 0.3) is 5.69 Å². The van der Waals surface area contributed by atoms with Gasteiger partial charge in [0.15, 0.2) is 11.5 Å². The second-order valence-corrected chi connectivity index (χ2v) is 7.80. The average Bonchev–Trinajstić information content (AvgIpc) is 3.20. The molecule has 1 N–H and O–H groups in total. The molecule has 1 saturated heterocycles. The third-order valence-corrected chi connectivity index (χ3v) is 5.73. The van der Waals surface area contributed by atoms with E-state index < -0.39 is 27.4 Å². The summed E-state index contributed by atoms with van der Waals surface area (Å²) in [6.45, 7) is 0.620. The van der Waals surface area contributed by atoms with Crippen LogP contribution >= 0.6 is 11.6 Å². The molecule has 0 bridgehead atoms. The number of carbonyl (C=O) groups is 1. The smallest absolute Gasteiger partial charge is 0.418 e. The standard InChI is InChI=1S/C20H17ClF3N3O5/c21-14-9-15(16(27(29)30)8-13(14)20(22,23)24)26-5-3-11(4-6-26)19(28)25-12-1-2-17-18(7-12)32-10-31-17/h1-2,7-9,11H,3-6,10H2,(H,25,28). The number of piperidine rings is 1. The van der Waals surface area contributed by atoms with Crippen LogP contribution in [0.15, 0.2) is 30.3 Å². The van der Waals surface area contributed by atoms with Crippen LogP contribution in [0.4, 0.5) is 30.2 Å². The summed E-state index contributed by atoms with van der Waals surface area (Å²) < 4.78 is 49.7. The van der Waals surface area contributed by atoms with Crippen molar-refractivity contribution in [1.29, 1.82) is 0 Å². The minimum Gasteiger partial charge on any atom is -0.454 e. The zero-order valence-electron chi connectivity index (χ0n) is 16.4. The number of hydrogen-bond acceptors (Lipinski definition) is 6. The lowest BCUT2D eigenvalue weighted by molar-refractivity contribution is -0.384. The normalized spacial score (nSPS) is 16.2. The summed E-state index contributed by atoms with van der Waals surface area (Å²) in [5.74, 6) is 0.543. The molecule has 1 amide bonds. The first-order valence-electron chi connectivity index (χ1n) is 9.64. The third kappa shape index (κ3) is 4.38. The number of amides is 1. The van der Waals surface area contributed by atoms with Crippen LogP contribution in [0.5, 0.6) is 11.5 Å². The van der Waals surface area contributed by atoms with Crippen molar-refractivity contribution in [2.75, 3.05) is 30.1 Å². The van der Waals surface area contributed by atoms with Crippen LogP contribution in [0.25, 0.3) is 0 Å². The number of halogens is 4. The number of fused-ring (bicyclic) bond motifs is 1. The van der Waals surface area contributed by atoms with Gasteiger partial charge < -0.3 is 19.7 Å². The molecule has 0 spiro atoms. The highest BCUT2D eigenvalue weighted by molar-refractivity contribution is 6.31. The Hall–Kier alpha value is -3.21. The minimum absolute atomic E-state index is 0.00243. The van der Waals surface area contributed by atoms with Crippen LogP contribution < -0.4 is 19.7 Å². The van der Waals surface area contributed by atoms with Crippen LogP contribution in [0.3, 0.4) is 0 Å². The van der Waals surface area contributed by atoms with E-state index in [9.17, 15) is 28.1 Å². The second-order valence-electron chi connectivity index (χ2n) is 7.39. The van der Waals surface area contributed by atoms with Gasteiger partial charge in [-0.05, 0) is 31.0 Å². The molecule has 4 rings (SSSR count). The largest absolute Gasteiger partial charge is 0.454 e. The number of benzene rings is 2. The SMILES string of the molecule is O=C(Nc1ccc2c(c1)OCO2)C1CCN(c2cc(Cl)c(C(F)(F)F)cc2[N+](=O)[O-])CC1. The average molecular weight is 472 g/mol. The number of alkyl halides is 3. The Morgan fingerprint density at radius 2 is 1.84 bits per heavy atom. The Labute approximate surface area is 185 Å². The minimum atomic E-state index is -4.81. The molecule has 32 heavy (non-hydrogen) atoms. The van der Waals surface area contributed by atoms with Gasteiger partial charge >= 0.3 is 6.18 Å². The molecule has 0 unspecified atom stereocenters. The molecule has 2 aliphatic heterocycles. The Kier molecular flexibility index (Phi) is 5.76. The zero-order chi connectivity index (χ0) is 23.0.